The van der Waals surface area contributed by atoms with E-state index in [9.17, 15) is 4.79 Å². The van der Waals surface area contributed by atoms with Crippen LogP contribution in [0.2, 0.25) is 0 Å². The van der Waals surface area contributed by atoms with Gasteiger partial charge in [0.05, 0.1) is 7.11 Å². The smallest absolute Gasteiger partial charge is 0.265 e. The Balaban J connectivity index is 1.95. The van der Waals surface area contributed by atoms with E-state index in [0.717, 1.165) is 11.3 Å². The fraction of sp³-hybridized carbons (Fsp3) is 0.235. The highest BCUT2D eigenvalue weighted by Crippen LogP contribution is 2.17. The summed E-state index contributed by atoms with van der Waals surface area (Å²) in [6.07, 6.45) is -0.575. The lowest BCUT2D eigenvalue weighted by Gasteiger charge is -2.15. The molecule has 4 nitrogen and oxygen atoms in total. The molecule has 1 atom stereocenters. The zero-order valence-corrected chi connectivity index (χ0v) is 12.4. The number of hydrogen-bond acceptors (Lipinski definition) is 3. The molecule has 1 N–H and O–H groups in total. The molecule has 0 bridgehead atoms. The van der Waals surface area contributed by atoms with Crippen molar-refractivity contribution in [3.05, 3.63) is 54.1 Å². The van der Waals surface area contributed by atoms with Crippen molar-refractivity contribution in [2.45, 2.75) is 20.0 Å². The fourth-order valence-electron chi connectivity index (χ4n) is 1.86. The maximum Gasteiger partial charge on any atom is 0.265 e. The average molecular weight is 285 g/mol. The van der Waals surface area contributed by atoms with Gasteiger partial charge < -0.3 is 14.8 Å². The summed E-state index contributed by atoms with van der Waals surface area (Å²) in [7, 11) is 1.60. The van der Waals surface area contributed by atoms with Crippen LogP contribution < -0.4 is 14.8 Å². The van der Waals surface area contributed by atoms with Gasteiger partial charge in [-0.3, -0.25) is 4.79 Å². The third kappa shape index (κ3) is 4.24. The first-order valence-corrected chi connectivity index (χ1v) is 6.77. The van der Waals surface area contributed by atoms with Crippen LogP contribution in [0.1, 0.15) is 12.5 Å². The lowest BCUT2D eigenvalue weighted by Crippen LogP contribution is -2.30. The normalized spacial score (nSPS) is 11.6. The summed E-state index contributed by atoms with van der Waals surface area (Å²) in [4.78, 5) is 12.1. The Morgan fingerprint density at radius 2 is 1.81 bits per heavy atom. The molecule has 0 radical (unpaired) electrons. The molecule has 0 heterocycles. The van der Waals surface area contributed by atoms with Crippen LogP contribution in [-0.4, -0.2) is 19.1 Å². The summed E-state index contributed by atoms with van der Waals surface area (Å²) in [6, 6.07) is 14.8. The molecule has 0 aliphatic heterocycles. The quantitative estimate of drug-likeness (QED) is 0.915. The molecule has 0 spiro atoms. The number of methoxy groups -OCH3 is 1. The van der Waals surface area contributed by atoms with Gasteiger partial charge in [0.25, 0.3) is 5.91 Å². The van der Waals surface area contributed by atoms with Crippen molar-refractivity contribution in [3.8, 4) is 11.5 Å². The summed E-state index contributed by atoms with van der Waals surface area (Å²) >= 11 is 0. The number of nitrogens with one attached hydrogen (secondary N) is 1. The van der Waals surface area contributed by atoms with E-state index in [4.69, 9.17) is 9.47 Å². The molecule has 2 aromatic rings. The van der Waals surface area contributed by atoms with Gasteiger partial charge in [0, 0.05) is 5.69 Å². The lowest BCUT2D eigenvalue weighted by molar-refractivity contribution is -0.122. The number of benzene rings is 2. The molecule has 0 saturated heterocycles. The Labute approximate surface area is 124 Å². The predicted octanol–water partition coefficient (Wildman–Crippen LogP) is 3.41. The van der Waals surface area contributed by atoms with E-state index in [1.807, 2.05) is 31.2 Å². The average Bonchev–Trinajstić information content (AvgIpc) is 2.48. The molecule has 21 heavy (non-hydrogen) atoms. The zero-order valence-electron chi connectivity index (χ0n) is 12.4. The highest BCUT2D eigenvalue weighted by atomic mass is 16.5. The molecule has 4 heteroatoms. The summed E-state index contributed by atoms with van der Waals surface area (Å²) in [5, 5.41) is 2.81. The number of anilines is 1. The first kappa shape index (κ1) is 14.9. The van der Waals surface area contributed by atoms with E-state index in [-0.39, 0.29) is 5.91 Å². The monoisotopic (exact) mass is 285 g/mol. The highest BCUT2D eigenvalue weighted by molar-refractivity contribution is 5.94. The number of aryl methyl sites for hydroxylation is 1. The largest absolute Gasteiger partial charge is 0.497 e. The molecular formula is C17H19NO3. The molecule has 2 aromatic carbocycles. The minimum Gasteiger partial charge on any atom is -0.497 e. The standard InChI is InChI=1S/C17H19NO3/c1-12-5-4-6-16(11-12)21-13(2)17(19)18-14-7-9-15(20-3)10-8-14/h4-11,13H,1-3H3,(H,18,19)/t13-/m0/s1. The SMILES string of the molecule is COc1ccc(NC(=O)[C@H](C)Oc2cccc(C)c2)cc1. The first-order chi connectivity index (χ1) is 10.1. The van der Waals surface area contributed by atoms with Gasteiger partial charge in [-0.05, 0) is 55.8 Å². The molecule has 2 rings (SSSR count). The van der Waals surface area contributed by atoms with Gasteiger partial charge in [-0.1, -0.05) is 12.1 Å². The van der Waals surface area contributed by atoms with Crippen LogP contribution in [0.25, 0.3) is 0 Å². The van der Waals surface area contributed by atoms with Crippen LogP contribution in [0.15, 0.2) is 48.5 Å². The van der Waals surface area contributed by atoms with Crippen LogP contribution in [0.3, 0.4) is 0 Å². The van der Waals surface area contributed by atoms with Gasteiger partial charge in [-0.25, -0.2) is 0 Å². The third-order valence-electron chi connectivity index (χ3n) is 3.03. The summed E-state index contributed by atoms with van der Waals surface area (Å²) < 4.78 is 10.7. The Kier molecular flexibility index (Phi) is 4.82. The van der Waals surface area contributed by atoms with E-state index in [1.165, 1.54) is 0 Å². The van der Waals surface area contributed by atoms with Crippen LogP contribution in [-0.2, 0) is 4.79 Å². The van der Waals surface area contributed by atoms with Crippen molar-refractivity contribution in [1.82, 2.24) is 0 Å². The van der Waals surface area contributed by atoms with Gasteiger partial charge >= 0.3 is 0 Å². The van der Waals surface area contributed by atoms with Crippen LogP contribution in [0.5, 0.6) is 11.5 Å². The number of carbonyl (C=O) groups is 1. The third-order valence-corrected chi connectivity index (χ3v) is 3.03. The second-order valence-corrected chi connectivity index (χ2v) is 4.79. The van der Waals surface area contributed by atoms with E-state index in [1.54, 1.807) is 38.3 Å². The molecule has 0 aliphatic carbocycles. The number of amides is 1. The van der Waals surface area contributed by atoms with Gasteiger partial charge in [0.1, 0.15) is 11.5 Å². The second-order valence-electron chi connectivity index (χ2n) is 4.79. The topological polar surface area (TPSA) is 47.6 Å². The Morgan fingerprint density at radius 3 is 2.43 bits per heavy atom. The molecular weight excluding hydrogens is 266 g/mol. The highest BCUT2D eigenvalue weighted by Gasteiger charge is 2.14. The molecule has 0 fully saturated rings. The van der Waals surface area contributed by atoms with Gasteiger partial charge in [-0.15, -0.1) is 0 Å². The summed E-state index contributed by atoms with van der Waals surface area (Å²) in [6.45, 7) is 3.70. The number of carbonyl (C=O) groups excluding carboxylic acids is 1. The fourth-order valence-corrected chi connectivity index (χ4v) is 1.86. The van der Waals surface area contributed by atoms with Crippen molar-refractivity contribution in [1.29, 1.82) is 0 Å². The maximum absolute atomic E-state index is 12.1. The Bertz CT molecular complexity index is 608. The van der Waals surface area contributed by atoms with Crippen molar-refractivity contribution in [2.75, 3.05) is 12.4 Å². The lowest BCUT2D eigenvalue weighted by atomic mass is 10.2. The molecule has 0 saturated carbocycles. The van der Waals surface area contributed by atoms with Crippen molar-refractivity contribution < 1.29 is 14.3 Å². The van der Waals surface area contributed by atoms with Crippen LogP contribution >= 0.6 is 0 Å². The second kappa shape index (κ2) is 6.79. The van der Waals surface area contributed by atoms with Crippen LogP contribution in [0.4, 0.5) is 5.69 Å². The van der Waals surface area contributed by atoms with E-state index >= 15 is 0 Å². The van der Waals surface area contributed by atoms with Crippen molar-refractivity contribution in [3.63, 3.8) is 0 Å². The molecule has 0 aromatic heterocycles. The van der Waals surface area contributed by atoms with Gasteiger partial charge in [-0.2, -0.15) is 0 Å². The maximum atomic E-state index is 12.1. The van der Waals surface area contributed by atoms with Crippen molar-refractivity contribution in [2.24, 2.45) is 0 Å². The first-order valence-electron chi connectivity index (χ1n) is 6.77. The molecule has 110 valence electrons. The van der Waals surface area contributed by atoms with Gasteiger partial charge in [0.2, 0.25) is 0 Å². The minimum atomic E-state index is -0.575. The zero-order chi connectivity index (χ0) is 15.2. The van der Waals surface area contributed by atoms with E-state index in [0.29, 0.717) is 11.4 Å². The van der Waals surface area contributed by atoms with Gasteiger partial charge in [0.15, 0.2) is 6.10 Å². The van der Waals surface area contributed by atoms with E-state index < -0.39 is 6.10 Å². The summed E-state index contributed by atoms with van der Waals surface area (Å²) in [5.41, 5.74) is 1.80. The molecule has 0 unspecified atom stereocenters. The number of hydrogen-bond donors (Lipinski definition) is 1. The summed E-state index contributed by atoms with van der Waals surface area (Å²) in [5.74, 6) is 1.24. The van der Waals surface area contributed by atoms with Crippen LogP contribution in [0, 0.1) is 6.92 Å². The minimum absolute atomic E-state index is 0.193. The Morgan fingerprint density at radius 1 is 1.10 bits per heavy atom. The molecule has 0 aliphatic rings. The Hall–Kier alpha value is -2.49. The molecule has 1 amide bonds. The number of rotatable bonds is 5. The van der Waals surface area contributed by atoms with Crippen molar-refractivity contribution >= 4 is 11.6 Å². The predicted molar refractivity (Wildman–Crippen MR) is 82.9 cm³/mol. The number of ether oxygens (including phenoxy) is 2. The van der Waals surface area contributed by atoms with E-state index in [2.05, 4.69) is 5.32 Å².